The van der Waals surface area contributed by atoms with E-state index in [0.29, 0.717) is 5.92 Å². The van der Waals surface area contributed by atoms with Crippen molar-refractivity contribution >= 4 is 16.1 Å². The van der Waals surface area contributed by atoms with Gasteiger partial charge in [0.1, 0.15) is 6.10 Å². The van der Waals surface area contributed by atoms with Gasteiger partial charge in [-0.25, -0.2) is 4.79 Å². The fourth-order valence-electron chi connectivity index (χ4n) is 5.73. The van der Waals surface area contributed by atoms with Crippen LogP contribution in [0.2, 0.25) is 0 Å². The molecule has 0 saturated heterocycles. The summed E-state index contributed by atoms with van der Waals surface area (Å²) in [6.45, 7) is 2.02. The first-order chi connectivity index (χ1) is 12.5. The van der Waals surface area contributed by atoms with Gasteiger partial charge in [0.15, 0.2) is 0 Å². The minimum Gasteiger partial charge on any atom is -0.456 e. The number of benzene rings is 1. The van der Waals surface area contributed by atoms with Crippen LogP contribution in [0.3, 0.4) is 0 Å². The smallest absolute Gasteiger partial charge is 0.456 e. The van der Waals surface area contributed by atoms with E-state index in [2.05, 4.69) is 24.3 Å². The van der Waals surface area contributed by atoms with Crippen LogP contribution in [0.5, 0.6) is 0 Å². The van der Waals surface area contributed by atoms with E-state index in [-0.39, 0.29) is 17.3 Å². The second kappa shape index (κ2) is 5.98. The molecule has 0 radical (unpaired) electrons. The number of carbonyl (C=O) groups excluding carboxylic acids is 1. The van der Waals surface area contributed by atoms with Gasteiger partial charge in [-0.1, -0.05) is 29.8 Å². The molecule has 1 aromatic carbocycles. The Hall–Kier alpha value is -1.54. The summed E-state index contributed by atoms with van der Waals surface area (Å²) in [6.07, 6.45) is 3.38. The van der Waals surface area contributed by atoms with Gasteiger partial charge in [-0.15, -0.1) is 0 Å². The molecule has 8 heteroatoms. The van der Waals surface area contributed by atoms with E-state index in [0.717, 1.165) is 32.1 Å². The predicted molar refractivity (Wildman–Crippen MR) is 92.8 cm³/mol. The number of hydrogen-bond acceptors (Lipinski definition) is 4. The molecule has 5 nitrogen and oxygen atoms in total. The maximum absolute atomic E-state index is 13.6. The summed E-state index contributed by atoms with van der Waals surface area (Å²) in [5.41, 5.74) is 2.38. The topological polar surface area (TPSA) is 80.7 Å². The first-order valence-electron chi connectivity index (χ1n) is 9.15. The molecule has 0 aromatic heterocycles. The molecule has 4 fully saturated rings. The molecular formula is C19H22F2O5S. The summed E-state index contributed by atoms with van der Waals surface area (Å²) in [5.74, 6) is -1.86. The standard InChI is InChI=1S/C19H22F2O5S/c1-11-2-4-15(5-3-11)18-8-12-6-13(9-18)16(14(7-12)10-18)26-17(22)19(20,21)27(23,24)25/h2-5,12-14,16H,6-10H2,1H3,(H,23,24,25). The quantitative estimate of drug-likeness (QED) is 0.618. The number of halogens is 2. The second-order valence-electron chi connectivity index (χ2n) is 8.48. The van der Waals surface area contributed by atoms with E-state index in [1.165, 1.54) is 11.1 Å². The van der Waals surface area contributed by atoms with E-state index in [4.69, 9.17) is 9.29 Å². The molecule has 2 unspecified atom stereocenters. The summed E-state index contributed by atoms with van der Waals surface area (Å²) >= 11 is 0. The third-order valence-corrected chi connectivity index (χ3v) is 7.47. The number of alkyl halides is 2. The van der Waals surface area contributed by atoms with Crippen molar-refractivity contribution in [3.8, 4) is 0 Å². The molecule has 2 atom stereocenters. The molecule has 0 spiro atoms. The van der Waals surface area contributed by atoms with Crippen molar-refractivity contribution in [2.24, 2.45) is 17.8 Å². The van der Waals surface area contributed by atoms with Crippen LogP contribution in [0.15, 0.2) is 24.3 Å². The highest BCUT2D eigenvalue weighted by molar-refractivity contribution is 7.87. The average Bonchev–Trinajstić information content (AvgIpc) is 2.56. The summed E-state index contributed by atoms with van der Waals surface area (Å²) in [5, 5.41) is -4.93. The molecule has 1 aromatic rings. The van der Waals surface area contributed by atoms with Gasteiger partial charge in [-0.3, -0.25) is 4.55 Å². The number of rotatable bonds is 4. The predicted octanol–water partition coefficient (Wildman–Crippen LogP) is 3.47. The van der Waals surface area contributed by atoms with Crippen molar-refractivity contribution in [3.05, 3.63) is 35.4 Å². The van der Waals surface area contributed by atoms with Crippen molar-refractivity contribution in [1.82, 2.24) is 0 Å². The zero-order valence-corrected chi connectivity index (χ0v) is 15.7. The summed E-state index contributed by atoms with van der Waals surface area (Å²) < 4.78 is 62.5. The van der Waals surface area contributed by atoms with Gasteiger partial charge in [0.05, 0.1) is 0 Å². The molecule has 4 saturated carbocycles. The molecule has 4 bridgehead atoms. The highest BCUT2D eigenvalue weighted by atomic mass is 32.2. The number of aryl methyl sites for hydroxylation is 1. The van der Waals surface area contributed by atoms with Crippen molar-refractivity contribution in [1.29, 1.82) is 0 Å². The molecule has 1 N–H and O–H groups in total. The molecule has 4 aliphatic rings. The second-order valence-corrected chi connectivity index (χ2v) is 9.94. The van der Waals surface area contributed by atoms with E-state index in [9.17, 15) is 22.0 Å². The molecule has 148 valence electrons. The maximum atomic E-state index is 13.6. The lowest BCUT2D eigenvalue weighted by molar-refractivity contribution is -0.189. The molecule has 0 heterocycles. The van der Waals surface area contributed by atoms with Crippen LogP contribution in [0.25, 0.3) is 0 Å². The average molecular weight is 400 g/mol. The largest absolute Gasteiger partial charge is 0.465 e. The van der Waals surface area contributed by atoms with Gasteiger partial charge in [-0.2, -0.15) is 17.2 Å². The maximum Gasteiger partial charge on any atom is 0.465 e. The molecule has 4 aliphatic carbocycles. The van der Waals surface area contributed by atoms with Crippen molar-refractivity contribution in [3.63, 3.8) is 0 Å². The summed E-state index contributed by atoms with van der Waals surface area (Å²) in [4.78, 5) is 11.8. The van der Waals surface area contributed by atoms with Gasteiger partial charge in [0, 0.05) is 0 Å². The van der Waals surface area contributed by atoms with Crippen molar-refractivity contribution < 1.29 is 31.3 Å². The van der Waals surface area contributed by atoms with E-state index in [1.54, 1.807) is 0 Å². The summed E-state index contributed by atoms with van der Waals surface area (Å²) in [6, 6.07) is 8.38. The third-order valence-electron chi connectivity index (χ3n) is 6.66. The molecule has 5 rings (SSSR count). The van der Waals surface area contributed by atoms with Gasteiger partial charge < -0.3 is 4.74 Å². The zero-order valence-electron chi connectivity index (χ0n) is 14.9. The van der Waals surface area contributed by atoms with Gasteiger partial charge in [-0.05, 0) is 67.8 Å². The first kappa shape index (κ1) is 18.8. The normalized spacial score (nSPS) is 35.3. The van der Waals surface area contributed by atoms with Gasteiger partial charge >= 0.3 is 21.3 Å². The van der Waals surface area contributed by atoms with Gasteiger partial charge in [0.2, 0.25) is 0 Å². The van der Waals surface area contributed by atoms with Crippen LogP contribution in [-0.2, 0) is 25.1 Å². The van der Waals surface area contributed by atoms with Crippen LogP contribution in [0.4, 0.5) is 8.78 Å². The van der Waals surface area contributed by atoms with Crippen molar-refractivity contribution in [2.45, 2.75) is 55.8 Å². The van der Waals surface area contributed by atoms with Crippen molar-refractivity contribution in [2.75, 3.05) is 0 Å². The lowest BCUT2D eigenvalue weighted by atomic mass is 9.47. The number of ether oxygens (including phenoxy) is 1. The Balaban J connectivity index is 1.57. The third kappa shape index (κ3) is 2.97. The Kier molecular flexibility index (Phi) is 4.16. The first-order valence-corrected chi connectivity index (χ1v) is 10.6. The van der Waals surface area contributed by atoms with E-state index in [1.807, 2.05) is 6.92 Å². The number of hydrogen-bond donors (Lipinski definition) is 1. The highest BCUT2D eigenvalue weighted by Gasteiger charge is 2.60. The van der Waals surface area contributed by atoms with Crippen LogP contribution >= 0.6 is 0 Å². The molecule has 0 amide bonds. The minimum atomic E-state index is -5.85. The van der Waals surface area contributed by atoms with Crippen LogP contribution in [-0.4, -0.2) is 30.3 Å². The van der Waals surface area contributed by atoms with E-state index < -0.39 is 27.4 Å². The Morgan fingerprint density at radius 3 is 2.22 bits per heavy atom. The monoisotopic (exact) mass is 400 g/mol. The minimum absolute atomic E-state index is 0.0291. The molecule has 27 heavy (non-hydrogen) atoms. The highest BCUT2D eigenvalue weighted by Crippen LogP contribution is 2.61. The van der Waals surface area contributed by atoms with E-state index >= 15 is 0 Å². The zero-order chi connectivity index (χ0) is 19.6. The Morgan fingerprint density at radius 1 is 1.15 bits per heavy atom. The fraction of sp³-hybridized carbons (Fsp3) is 0.632. The fourth-order valence-corrected chi connectivity index (χ4v) is 5.99. The van der Waals surface area contributed by atoms with Crippen LogP contribution < -0.4 is 0 Å². The number of esters is 1. The Labute approximate surface area is 156 Å². The van der Waals surface area contributed by atoms with Gasteiger partial charge in [0.25, 0.3) is 0 Å². The Bertz CT molecular complexity index is 849. The number of carbonyl (C=O) groups is 1. The lowest BCUT2D eigenvalue weighted by Crippen LogP contribution is -2.57. The summed E-state index contributed by atoms with van der Waals surface area (Å²) in [7, 11) is -5.85. The van der Waals surface area contributed by atoms with Crippen LogP contribution in [0, 0.1) is 24.7 Å². The SMILES string of the molecule is Cc1ccc(C23CC4CC(C2)C(OC(=O)C(F)(F)S(=O)(=O)O)C(C4)C3)cc1. The lowest BCUT2D eigenvalue weighted by Gasteiger charge is -2.59. The molecule has 0 aliphatic heterocycles. The van der Waals surface area contributed by atoms with Crippen LogP contribution in [0.1, 0.15) is 43.2 Å². The Morgan fingerprint density at radius 2 is 1.70 bits per heavy atom. The molecular weight excluding hydrogens is 378 g/mol.